The Labute approximate surface area is 318 Å². The normalized spacial score (nSPS) is 11.9. The van der Waals surface area contributed by atoms with E-state index in [9.17, 15) is 10.5 Å². The van der Waals surface area contributed by atoms with Crippen molar-refractivity contribution in [2.45, 2.75) is 0 Å². The number of aromatic nitrogens is 2. The molecule has 0 N–H and O–H groups in total. The van der Waals surface area contributed by atoms with E-state index in [4.69, 9.17) is 8.83 Å². The Morgan fingerprint density at radius 3 is 1.86 bits per heavy atom. The summed E-state index contributed by atoms with van der Waals surface area (Å²) in [5.41, 5.74) is 11.3. The Kier molecular flexibility index (Phi) is 6.10. The van der Waals surface area contributed by atoms with E-state index in [1.54, 1.807) is 0 Å². The molecular weight excluding hydrogens is 689 g/mol. The summed E-state index contributed by atoms with van der Waals surface area (Å²) in [7, 11) is 0. The average molecular weight is 715 g/mol. The fourth-order valence-corrected chi connectivity index (χ4v) is 9.00. The van der Waals surface area contributed by atoms with E-state index in [1.165, 1.54) is 0 Å². The highest BCUT2D eigenvalue weighted by Crippen LogP contribution is 2.44. The van der Waals surface area contributed by atoms with Gasteiger partial charge in [0.15, 0.2) is 5.58 Å². The molecule has 12 rings (SSSR count). The van der Waals surface area contributed by atoms with E-state index >= 15 is 0 Å². The molecule has 12 aromatic rings. The maximum atomic E-state index is 10.8. The molecule has 0 spiro atoms. The summed E-state index contributed by atoms with van der Waals surface area (Å²) >= 11 is 0. The van der Waals surface area contributed by atoms with Crippen molar-refractivity contribution in [3.63, 3.8) is 0 Å². The van der Waals surface area contributed by atoms with E-state index in [2.05, 4.69) is 94.1 Å². The van der Waals surface area contributed by atoms with Gasteiger partial charge in [-0.25, -0.2) is 0 Å². The van der Waals surface area contributed by atoms with Gasteiger partial charge in [0.25, 0.3) is 0 Å². The first kappa shape index (κ1) is 30.4. The summed E-state index contributed by atoms with van der Waals surface area (Å²) in [6.45, 7) is 0. The van der Waals surface area contributed by atoms with Gasteiger partial charge in [0.05, 0.1) is 45.0 Å². The summed E-state index contributed by atoms with van der Waals surface area (Å²) in [5.74, 6) is 0. The van der Waals surface area contributed by atoms with Crippen LogP contribution in [0.5, 0.6) is 0 Å². The van der Waals surface area contributed by atoms with Crippen LogP contribution in [0.25, 0.3) is 110 Å². The summed E-state index contributed by atoms with van der Waals surface area (Å²) in [5, 5.41) is 29.7. The van der Waals surface area contributed by atoms with Crippen molar-refractivity contribution < 1.29 is 8.83 Å². The van der Waals surface area contributed by atoms with Gasteiger partial charge < -0.3 is 18.0 Å². The third-order valence-electron chi connectivity index (χ3n) is 11.3. The van der Waals surface area contributed by atoms with Crippen LogP contribution in [0, 0.1) is 22.7 Å². The van der Waals surface area contributed by atoms with Crippen molar-refractivity contribution >= 4 is 87.5 Å². The van der Waals surface area contributed by atoms with E-state index in [0.29, 0.717) is 11.1 Å². The average Bonchev–Trinajstić information content (AvgIpc) is 4.00. The molecule has 6 heteroatoms. The van der Waals surface area contributed by atoms with Crippen molar-refractivity contribution in [1.82, 2.24) is 9.13 Å². The second-order valence-electron chi connectivity index (χ2n) is 14.3. The van der Waals surface area contributed by atoms with Crippen LogP contribution in [-0.2, 0) is 0 Å². The predicted octanol–water partition coefficient (Wildman–Crippen LogP) is 13.1. The predicted molar refractivity (Wildman–Crippen MR) is 225 cm³/mol. The molecule has 0 aliphatic rings. The number of nitrogens with zero attached hydrogens (tertiary/aromatic N) is 4. The highest BCUT2D eigenvalue weighted by atomic mass is 16.3. The molecule has 6 nitrogen and oxygen atoms in total. The lowest BCUT2D eigenvalue weighted by atomic mass is 9.97. The quantitative estimate of drug-likeness (QED) is 0.182. The van der Waals surface area contributed by atoms with Crippen LogP contribution in [0.4, 0.5) is 0 Å². The highest BCUT2D eigenvalue weighted by molar-refractivity contribution is 6.22. The molecule has 0 amide bonds. The van der Waals surface area contributed by atoms with Crippen molar-refractivity contribution in [1.29, 1.82) is 10.5 Å². The zero-order valence-electron chi connectivity index (χ0n) is 29.6. The van der Waals surface area contributed by atoms with Crippen LogP contribution in [0.1, 0.15) is 11.1 Å². The summed E-state index contributed by atoms with van der Waals surface area (Å²) < 4.78 is 17.4. The Hall–Kier alpha value is -8.06. The number of hydrogen-bond acceptors (Lipinski definition) is 4. The van der Waals surface area contributed by atoms with Gasteiger partial charge in [-0.05, 0) is 72.3 Å². The lowest BCUT2D eigenvalue weighted by Gasteiger charge is -2.17. The first-order valence-electron chi connectivity index (χ1n) is 18.5. The SMILES string of the molecule is N#Cc1cc(-c2cccc(C#N)c2-n2c3ccccc3c3ccc4c5ccccc5oc4c32)cc(-n2c3ccccc3c3cc4oc5ccccc5c4cc32)c1. The summed E-state index contributed by atoms with van der Waals surface area (Å²) in [6, 6.07) is 58.2. The van der Waals surface area contributed by atoms with Crippen LogP contribution in [-0.4, -0.2) is 9.13 Å². The lowest BCUT2D eigenvalue weighted by molar-refractivity contribution is 0.669. The first-order valence-corrected chi connectivity index (χ1v) is 18.5. The molecule has 0 fully saturated rings. The minimum absolute atomic E-state index is 0.508. The fraction of sp³-hybridized carbons (Fsp3) is 0. The van der Waals surface area contributed by atoms with E-state index < -0.39 is 0 Å². The maximum Gasteiger partial charge on any atom is 0.160 e. The third-order valence-corrected chi connectivity index (χ3v) is 11.3. The second kappa shape index (κ2) is 11.2. The number of benzene rings is 8. The van der Waals surface area contributed by atoms with Crippen LogP contribution in [0.3, 0.4) is 0 Å². The Morgan fingerprint density at radius 1 is 0.429 bits per heavy atom. The molecule has 0 saturated carbocycles. The number of furan rings is 2. The smallest absolute Gasteiger partial charge is 0.160 e. The standard InChI is InChI=1S/C50H26N4O2/c51-27-29-22-31(24-32(23-29)53-42-16-5-2-12-35(42)40-26-47-41(25-44(40)53)37-14-4-7-18-45(37)55-47)33-15-9-10-30(28-52)48(33)54-43-17-6-1-11-34(43)38-20-21-39-36-13-3-8-19-46(36)56-50(39)49(38)54/h1-26H. The topological polar surface area (TPSA) is 83.7 Å². The molecule has 0 saturated heterocycles. The maximum absolute atomic E-state index is 10.8. The van der Waals surface area contributed by atoms with Crippen molar-refractivity contribution in [3.8, 4) is 34.6 Å². The summed E-state index contributed by atoms with van der Waals surface area (Å²) in [6.07, 6.45) is 0. The molecule has 4 heterocycles. The molecule has 0 aliphatic carbocycles. The van der Waals surface area contributed by atoms with Crippen molar-refractivity contribution in [2.75, 3.05) is 0 Å². The Balaban J connectivity index is 1.18. The number of rotatable bonds is 3. The summed E-state index contributed by atoms with van der Waals surface area (Å²) in [4.78, 5) is 0. The molecule has 4 aromatic heterocycles. The minimum atomic E-state index is 0.508. The molecule has 0 atom stereocenters. The van der Waals surface area contributed by atoms with Gasteiger partial charge in [-0.15, -0.1) is 0 Å². The van der Waals surface area contributed by atoms with Gasteiger partial charge in [0.1, 0.15) is 22.8 Å². The van der Waals surface area contributed by atoms with Gasteiger partial charge in [-0.3, -0.25) is 0 Å². The Bertz CT molecular complexity index is 3750. The number of hydrogen-bond donors (Lipinski definition) is 0. The highest BCUT2D eigenvalue weighted by Gasteiger charge is 2.24. The van der Waals surface area contributed by atoms with Crippen molar-refractivity contribution in [2.24, 2.45) is 0 Å². The lowest BCUT2D eigenvalue weighted by Crippen LogP contribution is -2.02. The zero-order valence-corrected chi connectivity index (χ0v) is 29.6. The molecule has 8 aromatic carbocycles. The van der Waals surface area contributed by atoms with Crippen LogP contribution in [0.2, 0.25) is 0 Å². The fourth-order valence-electron chi connectivity index (χ4n) is 9.00. The molecule has 0 bridgehead atoms. The van der Waals surface area contributed by atoms with E-state index in [0.717, 1.165) is 110 Å². The van der Waals surface area contributed by atoms with Crippen LogP contribution < -0.4 is 0 Å². The van der Waals surface area contributed by atoms with Gasteiger partial charge in [-0.2, -0.15) is 10.5 Å². The molecular formula is C50H26N4O2. The van der Waals surface area contributed by atoms with Crippen LogP contribution in [0.15, 0.2) is 167 Å². The van der Waals surface area contributed by atoms with Gasteiger partial charge >= 0.3 is 0 Å². The van der Waals surface area contributed by atoms with E-state index in [1.807, 2.05) is 84.9 Å². The molecule has 0 radical (unpaired) electrons. The first-order chi connectivity index (χ1) is 27.7. The number of para-hydroxylation sites is 5. The van der Waals surface area contributed by atoms with Gasteiger partial charge in [0.2, 0.25) is 0 Å². The van der Waals surface area contributed by atoms with Crippen LogP contribution >= 0.6 is 0 Å². The largest absolute Gasteiger partial charge is 0.456 e. The van der Waals surface area contributed by atoms with E-state index in [-0.39, 0.29) is 0 Å². The minimum Gasteiger partial charge on any atom is -0.456 e. The van der Waals surface area contributed by atoms with Gasteiger partial charge in [-0.1, -0.05) is 91.0 Å². The third kappa shape index (κ3) is 4.07. The number of nitriles is 2. The molecule has 0 unspecified atom stereocenters. The monoisotopic (exact) mass is 714 g/mol. The molecule has 0 aliphatic heterocycles. The zero-order chi connectivity index (χ0) is 37.1. The van der Waals surface area contributed by atoms with Crippen molar-refractivity contribution in [3.05, 3.63) is 169 Å². The molecule has 258 valence electrons. The number of fused-ring (bicyclic) bond motifs is 13. The molecule has 56 heavy (non-hydrogen) atoms. The van der Waals surface area contributed by atoms with Gasteiger partial charge in [0, 0.05) is 54.3 Å². The Morgan fingerprint density at radius 2 is 1.09 bits per heavy atom. The second-order valence-corrected chi connectivity index (χ2v) is 14.3.